The van der Waals surface area contributed by atoms with Crippen LogP contribution in [0.3, 0.4) is 0 Å². The molecule has 0 saturated heterocycles. The van der Waals surface area contributed by atoms with E-state index in [-0.39, 0.29) is 18.3 Å². The molecule has 0 bridgehead atoms. The molecule has 0 aliphatic rings. The molecule has 0 aliphatic carbocycles. The number of thiazole rings is 1. The van der Waals surface area contributed by atoms with Gasteiger partial charge in [-0.2, -0.15) is 0 Å². The first-order valence-corrected chi connectivity index (χ1v) is 8.00. The molecule has 3 aromatic rings. The Kier molecular flexibility index (Phi) is 4.64. The molecule has 6 heteroatoms. The van der Waals surface area contributed by atoms with Crippen molar-refractivity contribution in [2.45, 2.75) is 6.54 Å². The number of nitrogens with one attached hydrogen (secondary N) is 1. The first-order chi connectivity index (χ1) is 11.1. The Morgan fingerprint density at radius 3 is 2.87 bits per heavy atom. The third-order valence-electron chi connectivity index (χ3n) is 3.30. The van der Waals surface area contributed by atoms with Gasteiger partial charge < -0.3 is 5.32 Å². The molecule has 1 aromatic heterocycles. The highest BCUT2D eigenvalue weighted by Gasteiger charge is 2.10. The fourth-order valence-corrected chi connectivity index (χ4v) is 3.21. The predicted octanol–water partition coefficient (Wildman–Crippen LogP) is 3.51. The number of likely N-dealkylation sites (N-methyl/N-ethyl adjacent to an activating group) is 1. The SMILES string of the molecule is CN(CC(=O)Nc1nc2ccccc2s1)Cc1cccc(F)c1. The van der Waals surface area contributed by atoms with Gasteiger partial charge >= 0.3 is 0 Å². The van der Waals surface area contributed by atoms with Crippen LogP contribution >= 0.6 is 11.3 Å². The molecule has 2 aromatic carbocycles. The van der Waals surface area contributed by atoms with Crippen LogP contribution in [0.5, 0.6) is 0 Å². The molecule has 0 fully saturated rings. The lowest BCUT2D eigenvalue weighted by molar-refractivity contribution is -0.117. The van der Waals surface area contributed by atoms with E-state index in [0.29, 0.717) is 11.7 Å². The van der Waals surface area contributed by atoms with Crippen LogP contribution in [-0.4, -0.2) is 29.4 Å². The molecular weight excluding hydrogens is 313 g/mol. The molecular formula is C17H16FN3OS. The van der Waals surface area contributed by atoms with Gasteiger partial charge in [0, 0.05) is 6.54 Å². The highest BCUT2D eigenvalue weighted by molar-refractivity contribution is 7.22. The summed E-state index contributed by atoms with van der Waals surface area (Å²) in [4.78, 5) is 18.3. The number of carbonyl (C=O) groups is 1. The van der Waals surface area contributed by atoms with Gasteiger partial charge in [0.2, 0.25) is 5.91 Å². The van der Waals surface area contributed by atoms with Crippen molar-refractivity contribution in [3.05, 3.63) is 59.9 Å². The summed E-state index contributed by atoms with van der Waals surface area (Å²) in [6.07, 6.45) is 0. The third-order valence-corrected chi connectivity index (χ3v) is 4.25. The summed E-state index contributed by atoms with van der Waals surface area (Å²) < 4.78 is 14.2. The minimum Gasteiger partial charge on any atom is -0.301 e. The van der Waals surface area contributed by atoms with Gasteiger partial charge in [-0.1, -0.05) is 35.6 Å². The van der Waals surface area contributed by atoms with Crippen molar-refractivity contribution in [1.82, 2.24) is 9.88 Å². The monoisotopic (exact) mass is 329 g/mol. The van der Waals surface area contributed by atoms with Crippen LogP contribution in [0.2, 0.25) is 0 Å². The number of fused-ring (bicyclic) bond motifs is 1. The zero-order chi connectivity index (χ0) is 16.2. The highest BCUT2D eigenvalue weighted by Crippen LogP contribution is 2.25. The minimum absolute atomic E-state index is 0.136. The second kappa shape index (κ2) is 6.85. The van der Waals surface area contributed by atoms with Gasteiger partial charge in [0.1, 0.15) is 5.82 Å². The zero-order valence-corrected chi connectivity index (χ0v) is 13.4. The second-order valence-electron chi connectivity index (χ2n) is 5.34. The van der Waals surface area contributed by atoms with E-state index in [1.54, 1.807) is 6.07 Å². The maximum atomic E-state index is 13.2. The topological polar surface area (TPSA) is 45.2 Å². The Hall–Kier alpha value is -2.31. The summed E-state index contributed by atoms with van der Waals surface area (Å²) in [7, 11) is 1.82. The molecule has 0 atom stereocenters. The second-order valence-corrected chi connectivity index (χ2v) is 6.37. The van der Waals surface area contributed by atoms with E-state index >= 15 is 0 Å². The summed E-state index contributed by atoms with van der Waals surface area (Å²) >= 11 is 1.45. The van der Waals surface area contributed by atoms with Gasteiger partial charge in [0.05, 0.1) is 16.8 Å². The van der Waals surface area contributed by atoms with Crippen LogP contribution in [0.4, 0.5) is 9.52 Å². The molecule has 118 valence electrons. The molecule has 0 saturated carbocycles. The van der Waals surface area contributed by atoms with E-state index in [1.807, 2.05) is 42.3 Å². The number of para-hydroxylation sites is 1. The van der Waals surface area contributed by atoms with Crippen LogP contribution in [0.25, 0.3) is 10.2 Å². The molecule has 0 unspecified atom stereocenters. The quantitative estimate of drug-likeness (QED) is 0.779. The average molecular weight is 329 g/mol. The smallest absolute Gasteiger partial charge is 0.240 e. The van der Waals surface area contributed by atoms with Gasteiger partial charge in [-0.25, -0.2) is 9.37 Å². The standard InChI is InChI=1S/C17H16FN3OS/c1-21(10-12-5-4-6-13(18)9-12)11-16(22)20-17-19-14-7-2-3-8-15(14)23-17/h2-9H,10-11H2,1H3,(H,19,20,22). The van der Waals surface area contributed by atoms with Crippen molar-refractivity contribution in [2.75, 3.05) is 18.9 Å². The number of nitrogens with zero attached hydrogens (tertiary/aromatic N) is 2. The number of benzene rings is 2. The van der Waals surface area contributed by atoms with E-state index in [2.05, 4.69) is 10.3 Å². The Labute approximate surface area is 137 Å². The first kappa shape index (κ1) is 15.6. The summed E-state index contributed by atoms with van der Waals surface area (Å²) in [5.41, 5.74) is 1.71. The maximum Gasteiger partial charge on any atom is 0.240 e. The number of amides is 1. The minimum atomic E-state index is -0.269. The average Bonchev–Trinajstić information content (AvgIpc) is 2.88. The van der Waals surface area contributed by atoms with Crippen LogP contribution < -0.4 is 5.32 Å². The van der Waals surface area contributed by atoms with Crippen molar-refractivity contribution >= 4 is 32.6 Å². The maximum absolute atomic E-state index is 13.2. The summed E-state index contributed by atoms with van der Waals surface area (Å²) in [5.74, 6) is -0.405. The lowest BCUT2D eigenvalue weighted by atomic mass is 10.2. The van der Waals surface area contributed by atoms with Crippen molar-refractivity contribution in [2.24, 2.45) is 0 Å². The molecule has 1 amide bonds. The van der Waals surface area contributed by atoms with E-state index in [9.17, 15) is 9.18 Å². The fraction of sp³-hybridized carbons (Fsp3) is 0.176. The molecule has 0 radical (unpaired) electrons. The molecule has 0 spiro atoms. The molecule has 4 nitrogen and oxygen atoms in total. The Bertz CT molecular complexity index is 800. The van der Waals surface area contributed by atoms with Crippen molar-refractivity contribution in [1.29, 1.82) is 0 Å². The van der Waals surface area contributed by atoms with Crippen molar-refractivity contribution in [3.63, 3.8) is 0 Å². The number of rotatable bonds is 5. The zero-order valence-electron chi connectivity index (χ0n) is 12.6. The number of hydrogen-bond acceptors (Lipinski definition) is 4. The van der Waals surface area contributed by atoms with Gasteiger partial charge in [-0.05, 0) is 36.9 Å². The molecule has 23 heavy (non-hydrogen) atoms. The molecule has 0 aliphatic heterocycles. The summed E-state index contributed by atoms with van der Waals surface area (Å²) in [5, 5.41) is 3.41. The van der Waals surface area contributed by atoms with Gasteiger partial charge in [-0.15, -0.1) is 0 Å². The van der Waals surface area contributed by atoms with E-state index < -0.39 is 0 Å². The summed E-state index contributed by atoms with van der Waals surface area (Å²) in [6.45, 7) is 0.720. The van der Waals surface area contributed by atoms with Crippen LogP contribution in [-0.2, 0) is 11.3 Å². The first-order valence-electron chi connectivity index (χ1n) is 7.18. The Morgan fingerprint density at radius 2 is 2.09 bits per heavy atom. The van der Waals surface area contributed by atoms with Gasteiger partial charge in [-0.3, -0.25) is 9.69 Å². The molecule has 3 rings (SSSR count). The van der Waals surface area contributed by atoms with E-state index in [0.717, 1.165) is 15.8 Å². The largest absolute Gasteiger partial charge is 0.301 e. The van der Waals surface area contributed by atoms with Crippen molar-refractivity contribution in [3.8, 4) is 0 Å². The number of halogens is 1. The highest BCUT2D eigenvalue weighted by atomic mass is 32.1. The summed E-state index contributed by atoms with van der Waals surface area (Å²) in [6, 6.07) is 14.1. The third kappa shape index (κ3) is 4.12. The predicted molar refractivity (Wildman–Crippen MR) is 91.0 cm³/mol. The normalized spacial score (nSPS) is 11.1. The number of carbonyl (C=O) groups excluding carboxylic acids is 1. The fourth-order valence-electron chi connectivity index (χ4n) is 2.33. The van der Waals surface area contributed by atoms with E-state index in [1.165, 1.54) is 23.5 Å². The molecule has 1 heterocycles. The number of hydrogen-bond donors (Lipinski definition) is 1. The van der Waals surface area contributed by atoms with Crippen LogP contribution in [0, 0.1) is 5.82 Å². The van der Waals surface area contributed by atoms with Gasteiger partial charge in [0.25, 0.3) is 0 Å². The lowest BCUT2D eigenvalue weighted by Crippen LogP contribution is -2.29. The lowest BCUT2D eigenvalue weighted by Gasteiger charge is -2.15. The Balaban J connectivity index is 1.58. The van der Waals surface area contributed by atoms with E-state index in [4.69, 9.17) is 0 Å². The number of anilines is 1. The Morgan fingerprint density at radius 1 is 1.26 bits per heavy atom. The number of aromatic nitrogens is 1. The van der Waals surface area contributed by atoms with Crippen LogP contribution in [0.1, 0.15) is 5.56 Å². The van der Waals surface area contributed by atoms with Crippen molar-refractivity contribution < 1.29 is 9.18 Å². The van der Waals surface area contributed by atoms with Gasteiger partial charge in [0.15, 0.2) is 5.13 Å². The molecule has 1 N–H and O–H groups in total. The van der Waals surface area contributed by atoms with Crippen LogP contribution in [0.15, 0.2) is 48.5 Å².